The number of carbonyl (C=O) groups is 1. The third kappa shape index (κ3) is 2.71. The van der Waals surface area contributed by atoms with Crippen LogP contribution in [0.25, 0.3) is 5.70 Å². The maximum atomic E-state index is 12.8. The molecule has 3 aliphatic rings. The highest BCUT2D eigenvalue weighted by Crippen LogP contribution is 2.48. The van der Waals surface area contributed by atoms with Crippen molar-refractivity contribution in [3.8, 4) is 0 Å². The van der Waals surface area contributed by atoms with Crippen LogP contribution in [0.2, 0.25) is 0 Å². The maximum Gasteiger partial charge on any atom is 0.522 e. The lowest BCUT2D eigenvalue weighted by Gasteiger charge is -2.45. The van der Waals surface area contributed by atoms with E-state index in [1.807, 2.05) is 12.1 Å². The van der Waals surface area contributed by atoms with Gasteiger partial charge in [-0.1, -0.05) is 30.3 Å². The van der Waals surface area contributed by atoms with Crippen LogP contribution in [0.15, 0.2) is 42.1 Å². The number of carboxylic acids is 1. The Labute approximate surface area is 141 Å². The first-order valence-corrected chi connectivity index (χ1v) is 7.89. The van der Waals surface area contributed by atoms with Crippen LogP contribution in [0.5, 0.6) is 0 Å². The van der Waals surface area contributed by atoms with Gasteiger partial charge >= 0.3 is 12.3 Å². The summed E-state index contributed by atoms with van der Waals surface area (Å²) in [6.07, 6.45) is -1.97. The summed E-state index contributed by atoms with van der Waals surface area (Å²) in [4.78, 5) is 11.3. The Kier molecular flexibility index (Phi) is 3.62. The zero-order chi connectivity index (χ0) is 17.8. The molecule has 0 aliphatic carbocycles. The van der Waals surface area contributed by atoms with Gasteiger partial charge in [0.1, 0.15) is 0 Å². The summed E-state index contributed by atoms with van der Waals surface area (Å²) in [5, 5.41) is 12.7. The number of aliphatic carboxylic acids is 1. The monoisotopic (exact) mass is 352 g/mol. The lowest BCUT2D eigenvalue weighted by atomic mass is 9.91. The Morgan fingerprint density at radius 3 is 2.76 bits per heavy atom. The van der Waals surface area contributed by atoms with Crippen molar-refractivity contribution < 1.29 is 27.8 Å². The number of rotatable bonds is 2. The molecule has 8 heteroatoms. The Balaban J connectivity index is 1.79. The zero-order valence-electron chi connectivity index (χ0n) is 13.0. The minimum absolute atomic E-state index is 0.196. The fourth-order valence-corrected chi connectivity index (χ4v) is 3.79. The number of fused-ring (bicyclic) bond motifs is 6. The van der Waals surface area contributed by atoms with E-state index >= 15 is 0 Å². The highest BCUT2D eigenvalue weighted by atomic mass is 19.4. The number of hydrogen-bond acceptors (Lipinski definition) is 4. The number of allylic oxidation sites excluding steroid dienone is 1. The molecule has 3 aliphatic heterocycles. The average molecular weight is 352 g/mol. The van der Waals surface area contributed by atoms with Crippen molar-refractivity contribution in [3.63, 3.8) is 0 Å². The summed E-state index contributed by atoms with van der Waals surface area (Å²) >= 11 is 0. The summed E-state index contributed by atoms with van der Waals surface area (Å²) < 4.78 is 42.7. The molecule has 1 fully saturated rings. The summed E-state index contributed by atoms with van der Waals surface area (Å²) in [5.41, 5.74) is 2.57. The molecule has 1 saturated heterocycles. The first-order chi connectivity index (χ1) is 11.8. The third-order valence-electron chi connectivity index (χ3n) is 4.75. The van der Waals surface area contributed by atoms with Crippen molar-refractivity contribution in [3.05, 3.63) is 53.2 Å². The molecule has 0 aromatic heterocycles. The zero-order valence-corrected chi connectivity index (χ0v) is 13.0. The van der Waals surface area contributed by atoms with Gasteiger partial charge in [-0.25, -0.2) is 9.80 Å². The van der Waals surface area contributed by atoms with Crippen LogP contribution in [0, 0.1) is 0 Å². The van der Waals surface area contributed by atoms with Gasteiger partial charge in [0.05, 0.1) is 23.4 Å². The molecule has 4 rings (SSSR count). The highest BCUT2D eigenvalue weighted by molar-refractivity contribution is 5.88. The van der Waals surface area contributed by atoms with Crippen molar-refractivity contribution in [2.24, 2.45) is 0 Å². The molecule has 0 bridgehead atoms. The Morgan fingerprint density at radius 1 is 1.28 bits per heavy atom. The molecule has 0 amide bonds. The molecule has 2 atom stereocenters. The van der Waals surface area contributed by atoms with Gasteiger partial charge in [-0.15, -0.1) is 13.2 Å². The van der Waals surface area contributed by atoms with E-state index in [4.69, 9.17) is 0 Å². The summed E-state index contributed by atoms with van der Waals surface area (Å²) in [6, 6.07) is 6.64. The number of carboxylic acid groups (broad SMARTS) is 1. The summed E-state index contributed by atoms with van der Waals surface area (Å²) in [7, 11) is 0. The molecule has 1 N–H and O–H groups in total. The highest BCUT2D eigenvalue weighted by Gasteiger charge is 2.48. The molecule has 132 valence electrons. The van der Waals surface area contributed by atoms with Gasteiger partial charge in [-0.05, 0) is 12.0 Å². The molecule has 1 aromatic carbocycles. The number of hydrazine groups is 1. The molecule has 2 unspecified atom stereocenters. The first-order valence-electron chi connectivity index (χ1n) is 7.89. The molecule has 0 radical (unpaired) electrons. The second kappa shape index (κ2) is 5.60. The largest absolute Gasteiger partial charge is 0.522 e. The second-order valence-corrected chi connectivity index (χ2v) is 6.18. The SMILES string of the molecule is O=C(O)C1=CN2C(=CC1)c1ccccc1C1C(OC(F)(F)F)CCN12. The smallest absolute Gasteiger partial charge is 0.478 e. The molecular formula is C17H15F3N2O3. The van der Waals surface area contributed by atoms with Gasteiger partial charge in [-0.2, -0.15) is 0 Å². The lowest BCUT2D eigenvalue weighted by Crippen LogP contribution is -2.45. The van der Waals surface area contributed by atoms with E-state index in [9.17, 15) is 23.1 Å². The van der Waals surface area contributed by atoms with Crippen LogP contribution in [0.3, 0.4) is 0 Å². The first kappa shape index (κ1) is 16.2. The molecule has 1 aromatic rings. The van der Waals surface area contributed by atoms with E-state index < -0.39 is 24.5 Å². The van der Waals surface area contributed by atoms with Crippen molar-refractivity contribution in [1.29, 1.82) is 0 Å². The molecule has 5 nitrogen and oxygen atoms in total. The van der Waals surface area contributed by atoms with Gasteiger partial charge in [0, 0.05) is 24.7 Å². The average Bonchev–Trinajstić information content (AvgIpc) is 2.96. The number of halogens is 3. The van der Waals surface area contributed by atoms with Crippen molar-refractivity contribution >= 4 is 11.7 Å². The molecule has 0 saturated carbocycles. The number of alkyl halides is 3. The van der Waals surface area contributed by atoms with E-state index in [2.05, 4.69) is 4.74 Å². The normalized spacial score (nSPS) is 25.6. The van der Waals surface area contributed by atoms with E-state index in [1.54, 1.807) is 28.2 Å². The molecule has 25 heavy (non-hydrogen) atoms. The quantitative estimate of drug-likeness (QED) is 0.885. The topological polar surface area (TPSA) is 53.0 Å². The van der Waals surface area contributed by atoms with Crippen LogP contribution in [0.4, 0.5) is 13.2 Å². The maximum absolute atomic E-state index is 12.8. The standard InChI is InChI=1S/C17H15F3N2O3/c18-17(19,20)25-14-7-8-21-15(14)12-4-2-1-3-11(12)13-6-5-10(16(23)24)9-22(13)21/h1-4,6,9,14-15H,5,7-8H2,(H,23,24). The molecule has 0 spiro atoms. The number of benzene rings is 1. The van der Waals surface area contributed by atoms with Crippen LogP contribution in [-0.2, 0) is 9.53 Å². The van der Waals surface area contributed by atoms with E-state index in [0.717, 1.165) is 16.8 Å². The second-order valence-electron chi connectivity index (χ2n) is 6.18. The molecule has 3 heterocycles. The fraction of sp³-hybridized carbons (Fsp3) is 0.353. The predicted molar refractivity (Wildman–Crippen MR) is 81.6 cm³/mol. The Morgan fingerprint density at radius 2 is 2.04 bits per heavy atom. The van der Waals surface area contributed by atoms with Crippen LogP contribution in [-0.4, -0.2) is 40.1 Å². The minimum atomic E-state index is -4.71. The van der Waals surface area contributed by atoms with E-state index in [-0.39, 0.29) is 18.4 Å². The van der Waals surface area contributed by atoms with Crippen LogP contribution < -0.4 is 0 Å². The van der Waals surface area contributed by atoms with Crippen molar-refractivity contribution in [2.45, 2.75) is 31.3 Å². The Hall–Kier alpha value is -2.32. The van der Waals surface area contributed by atoms with Crippen LogP contribution >= 0.6 is 0 Å². The number of hydrogen-bond donors (Lipinski definition) is 1. The predicted octanol–water partition coefficient (Wildman–Crippen LogP) is 3.28. The van der Waals surface area contributed by atoms with Gasteiger partial charge < -0.3 is 5.11 Å². The lowest BCUT2D eigenvalue weighted by molar-refractivity contribution is -0.345. The Bertz CT molecular complexity index is 788. The van der Waals surface area contributed by atoms with Crippen molar-refractivity contribution in [1.82, 2.24) is 10.0 Å². The van der Waals surface area contributed by atoms with Gasteiger partial charge in [-0.3, -0.25) is 9.75 Å². The van der Waals surface area contributed by atoms with Gasteiger partial charge in [0.15, 0.2) is 0 Å². The number of nitrogens with zero attached hydrogens (tertiary/aromatic N) is 2. The third-order valence-corrected chi connectivity index (χ3v) is 4.75. The number of ether oxygens (including phenoxy) is 1. The fourth-order valence-electron chi connectivity index (χ4n) is 3.79. The van der Waals surface area contributed by atoms with Gasteiger partial charge in [0.25, 0.3) is 0 Å². The van der Waals surface area contributed by atoms with E-state index in [1.165, 1.54) is 6.20 Å². The summed E-state index contributed by atoms with van der Waals surface area (Å²) in [6.45, 7) is 0.348. The van der Waals surface area contributed by atoms with E-state index in [0.29, 0.717) is 6.54 Å². The van der Waals surface area contributed by atoms with Crippen molar-refractivity contribution in [2.75, 3.05) is 6.54 Å². The minimum Gasteiger partial charge on any atom is -0.478 e. The molecular weight excluding hydrogens is 337 g/mol. The summed E-state index contributed by atoms with van der Waals surface area (Å²) in [5.74, 6) is -1.03. The van der Waals surface area contributed by atoms with Gasteiger partial charge in [0.2, 0.25) is 0 Å². The van der Waals surface area contributed by atoms with Crippen LogP contribution in [0.1, 0.15) is 30.0 Å².